The Balaban J connectivity index is 2.02. The lowest BCUT2D eigenvalue weighted by molar-refractivity contribution is 0.0492. The second-order valence-corrected chi connectivity index (χ2v) is 4.96. The molecule has 2 rings (SSSR count). The molecule has 0 unspecified atom stereocenters. The molecule has 0 atom stereocenters. The first-order valence-corrected chi connectivity index (χ1v) is 7.16. The third kappa shape index (κ3) is 4.17. The highest BCUT2D eigenvalue weighted by Crippen LogP contribution is 2.23. The Bertz CT molecular complexity index is 588. The Morgan fingerprint density at radius 2 is 1.76 bits per heavy atom. The molecule has 3 nitrogen and oxygen atoms in total. The van der Waals surface area contributed by atoms with Crippen molar-refractivity contribution in [2.24, 2.45) is 0 Å². The summed E-state index contributed by atoms with van der Waals surface area (Å²) in [6, 6.07) is 15.6. The fourth-order valence-corrected chi connectivity index (χ4v) is 2.14. The Hall–Kier alpha value is -2.13. The first-order chi connectivity index (χ1) is 10.2. The largest absolute Gasteiger partial charge is 0.462 e. The van der Waals surface area contributed by atoms with Crippen LogP contribution in [0.25, 0.3) is 11.1 Å². The second-order valence-electron chi connectivity index (χ2n) is 4.96. The van der Waals surface area contributed by atoms with Gasteiger partial charge in [0.15, 0.2) is 0 Å². The Morgan fingerprint density at radius 3 is 2.43 bits per heavy atom. The van der Waals surface area contributed by atoms with Crippen molar-refractivity contribution < 1.29 is 14.6 Å². The highest BCUT2D eigenvalue weighted by atomic mass is 16.5. The van der Waals surface area contributed by atoms with E-state index in [0.717, 1.165) is 5.56 Å². The van der Waals surface area contributed by atoms with Gasteiger partial charge in [0.05, 0.1) is 12.2 Å². The average Bonchev–Trinajstić information content (AvgIpc) is 2.52. The molecule has 2 aromatic rings. The van der Waals surface area contributed by atoms with Gasteiger partial charge in [0, 0.05) is 6.61 Å². The van der Waals surface area contributed by atoms with Crippen LogP contribution in [0.15, 0.2) is 48.5 Å². The zero-order chi connectivity index (χ0) is 15.1. The molecule has 0 radical (unpaired) electrons. The Labute approximate surface area is 125 Å². The first kappa shape index (κ1) is 15.3. The van der Waals surface area contributed by atoms with Crippen molar-refractivity contribution in [2.75, 3.05) is 13.2 Å². The molecule has 0 saturated heterocycles. The smallest absolute Gasteiger partial charge is 0.338 e. The third-order valence-corrected chi connectivity index (χ3v) is 3.36. The van der Waals surface area contributed by atoms with E-state index in [9.17, 15) is 4.79 Å². The summed E-state index contributed by atoms with van der Waals surface area (Å²) in [6.45, 7) is 2.54. The maximum absolute atomic E-state index is 11.8. The third-order valence-electron chi connectivity index (χ3n) is 3.36. The number of carbonyl (C=O) groups excluding carboxylic acids is 1. The molecule has 0 aliphatic heterocycles. The monoisotopic (exact) mass is 284 g/mol. The highest BCUT2D eigenvalue weighted by molar-refractivity contribution is 5.90. The molecular formula is C18H20O3. The van der Waals surface area contributed by atoms with E-state index in [2.05, 4.69) is 19.1 Å². The summed E-state index contributed by atoms with van der Waals surface area (Å²) < 4.78 is 5.15. The predicted molar refractivity (Wildman–Crippen MR) is 83.2 cm³/mol. The molecule has 0 spiro atoms. The molecule has 0 bridgehead atoms. The molecule has 0 heterocycles. The number of esters is 1. The van der Waals surface area contributed by atoms with Gasteiger partial charge in [0.2, 0.25) is 0 Å². The van der Waals surface area contributed by atoms with Crippen molar-refractivity contribution in [1.82, 2.24) is 0 Å². The predicted octanol–water partition coefficient (Wildman–Crippen LogP) is 3.59. The maximum atomic E-state index is 11.8. The van der Waals surface area contributed by atoms with E-state index >= 15 is 0 Å². The van der Waals surface area contributed by atoms with Gasteiger partial charge in [-0.15, -0.1) is 0 Å². The normalized spacial score (nSPS) is 10.4. The lowest BCUT2D eigenvalue weighted by atomic mass is 10.00. The second kappa shape index (κ2) is 7.60. The van der Waals surface area contributed by atoms with Crippen LogP contribution >= 0.6 is 0 Å². The topological polar surface area (TPSA) is 46.5 Å². The van der Waals surface area contributed by atoms with E-state index in [1.54, 1.807) is 12.1 Å². The number of unbranched alkanes of at least 4 members (excludes halogenated alkanes) is 1. The van der Waals surface area contributed by atoms with Crippen molar-refractivity contribution >= 4 is 5.97 Å². The number of benzene rings is 2. The minimum Gasteiger partial charge on any atom is -0.462 e. The lowest BCUT2D eigenvalue weighted by Gasteiger charge is -2.07. The van der Waals surface area contributed by atoms with Gasteiger partial charge in [-0.25, -0.2) is 4.79 Å². The average molecular weight is 284 g/mol. The summed E-state index contributed by atoms with van der Waals surface area (Å²) in [5.41, 5.74) is 4.01. The quantitative estimate of drug-likeness (QED) is 0.651. The van der Waals surface area contributed by atoms with Gasteiger partial charge < -0.3 is 9.84 Å². The van der Waals surface area contributed by atoms with Crippen LogP contribution in [-0.2, 0) is 4.74 Å². The summed E-state index contributed by atoms with van der Waals surface area (Å²) >= 11 is 0. The lowest BCUT2D eigenvalue weighted by Crippen LogP contribution is -2.06. The van der Waals surface area contributed by atoms with Crippen LogP contribution in [0.3, 0.4) is 0 Å². The van der Waals surface area contributed by atoms with Crippen LogP contribution in [0.4, 0.5) is 0 Å². The number of carbonyl (C=O) groups is 1. The molecular weight excluding hydrogens is 264 g/mol. The van der Waals surface area contributed by atoms with Crippen molar-refractivity contribution in [2.45, 2.75) is 19.8 Å². The maximum Gasteiger partial charge on any atom is 0.338 e. The van der Waals surface area contributed by atoms with Gasteiger partial charge in [-0.3, -0.25) is 0 Å². The zero-order valence-electron chi connectivity index (χ0n) is 12.2. The summed E-state index contributed by atoms with van der Waals surface area (Å²) in [5, 5.41) is 8.67. The van der Waals surface area contributed by atoms with E-state index in [1.807, 2.05) is 24.3 Å². The number of aryl methyl sites for hydroxylation is 1. The molecule has 2 aromatic carbocycles. The van der Waals surface area contributed by atoms with E-state index in [4.69, 9.17) is 9.84 Å². The zero-order valence-corrected chi connectivity index (χ0v) is 12.2. The minimum absolute atomic E-state index is 0.128. The number of aliphatic hydroxyl groups is 1. The van der Waals surface area contributed by atoms with Crippen LogP contribution in [-0.4, -0.2) is 24.3 Å². The van der Waals surface area contributed by atoms with Gasteiger partial charge in [-0.2, -0.15) is 0 Å². The minimum atomic E-state index is -0.315. The number of hydrogen-bond donors (Lipinski definition) is 1. The van der Waals surface area contributed by atoms with Gasteiger partial charge in [0.25, 0.3) is 0 Å². The standard InChI is InChI=1S/C18H20O3/c1-14-6-2-3-7-17(14)15-8-10-16(11-9-15)18(20)21-13-5-4-12-19/h2-3,6-11,19H,4-5,12-13H2,1H3. The molecule has 110 valence electrons. The number of aliphatic hydroxyl groups excluding tert-OH is 1. The fraction of sp³-hybridized carbons (Fsp3) is 0.278. The number of rotatable bonds is 6. The molecule has 21 heavy (non-hydrogen) atoms. The summed E-state index contributed by atoms with van der Waals surface area (Å²) in [6.07, 6.45) is 1.34. The Kier molecular flexibility index (Phi) is 5.52. The molecule has 0 saturated carbocycles. The van der Waals surface area contributed by atoms with E-state index in [-0.39, 0.29) is 12.6 Å². The van der Waals surface area contributed by atoms with Gasteiger partial charge in [-0.05, 0) is 48.6 Å². The number of hydrogen-bond acceptors (Lipinski definition) is 3. The molecule has 0 aromatic heterocycles. The number of ether oxygens (including phenoxy) is 1. The van der Waals surface area contributed by atoms with Crippen LogP contribution in [0.5, 0.6) is 0 Å². The molecule has 0 aliphatic rings. The van der Waals surface area contributed by atoms with Gasteiger partial charge >= 0.3 is 5.97 Å². The van der Waals surface area contributed by atoms with Gasteiger partial charge in [-0.1, -0.05) is 36.4 Å². The summed E-state index contributed by atoms with van der Waals surface area (Å²) in [4.78, 5) is 11.8. The van der Waals surface area contributed by atoms with E-state index in [0.29, 0.717) is 25.0 Å². The summed E-state index contributed by atoms with van der Waals surface area (Å²) in [7, 11) is 0. The molecule has 0 aliphatic carbocycles. The van der Waals surface area contributed by atoms with Crippen molar-refractivity contribution in [3.05, 3.63) is 59.7 Å². The van der Waals surface area contributed by atoms with Crippen molar-refractivity contribution in [3.63, 3.8) is 0 Å². The van der Waals surface area contributed by atoms with Crippen molar-refractivity contribution in [3.8, 4) is 11.1 Å². The van der Waals surface area contributed by atoms with E-state index in [1.165, 1.54) is 11.1 Å². The van der Waals surface area contributed by atoms with Crippen LogP contribution < -0.4 is 0 Å². The van der Waals surface area contributed by atoms with Crippen molar-refractivity contribution in [1.29, 1.82) is 0 Å². The fourth-order valence-electron chi connectivity index (χ4n) is 2.14. The summed E-state index contributed by atoms with van der Waals surface area (Å²) in [5.74, 6) is -0.315. The molecule has 3 heteroatoms. The SMILES string of the molecule is Cc1ccccc1-c1ccc(C(=O)OCCCCO)cc1. The highest BCUT2D eigenvalue weighted by Gasteiger charge is 2.07. The van der Waals surface area contributed by atoms with Crippen LogP contribution in [0, 0.1) is 6.92 Å². The molecule has 1 N–H and O–H groups in total. The van der Waals surface area contributed by atoms with Gasteiger partial charge in [0.1, 0.15) is 0 Å². The van der Waals surface area contributed by atoms with Crippen LogP contribution in [0.2, 0.25) is 0 Å². The van der Waals surface area contributed by atoms with E-state index < -0.39 is 0 Å². The molecule has 0 amide bonds. The Morgan fingerprint density at radius 1 is 1.05 bits per heavy atom. The van der Waals surface area contributed by atoms with Crippen LogP contribution in [0.1, 0.15) is 28.8 Å². The first-order valence-electron chi connectivity index (χ1n) is 7.16. The molecule has 0 fully saturated rings.